The predicted octanol–water partition coefficient (Wildman–Crippen LogP) is 2.69. The van der Waals surface area contributed by atoms with Gasteiger partial charge in [-0.1, -0.05) is 31.5 Å². The van der Waals surface area contributed by atoms with E-state index in [0.29, 0.717) is 6.54 Å². The van der Waals surface area contributed by atoms with Gasteiger partial charge in [0.05, 0.1) is 0 Å². The minimum atomic E-state index is -0.103. The number of benzene rings is 1. The fraction of sp³-hybridized carbons (Fsp3) is 0.600. The number of aryl methyl sites for hydroxylation is 1. The Kier molecular flexibility index (Phi) is 3.74. The van der Waals surface area contributed by atoms with Crippen molar-refractivity contribution in [2.75, 3.05) is 13.1 Å². The zero-order valence-electron chi connectivity index (χ0n) is 11.5. The van der Waals surface area contributed by atoms with Crippen LogP contribution in [0.1, 0.15) is 31.4 Å². The number of rotatable bonds is 2. The molecule has 0 saturated carbocycles. The first-order valence-corrected chi connectivity index (χ1v) is 6.61. The van der Waals surface area contributed by atoms with Crippen LogP contribution in [0.3, 0.4) is 0 Å². The minimum Gasteiger partial charge on any atom is -0.327 e. The van der Waals surface area contributed by atoms with Crippen LogP contribution in [-0.2, 0) is 6.54 Å². The molecule has 1 aromatic rings. The molecule has 18 heavy (non-hydrogen) atoms. The molecule has 1 unspecified atom stereocenters. The molecule has 0 bridgehead atoms. The summed E-state index contributed by atoms with van der Waals surface area (Å²) in [4.78, 5) is 2.31. The topological polar surface area (TPSA) is 29.3 Å². The van der Waals surface area contributed by atoms with E-state index in [-0.39, 0.29) is 17.3 Å². The summed E-state index contributed by atoms with van der Waals surface area (Å²) in [5.41, 5.74) is 8.13. The van der Waals surface area contributed by atoms with Crippen molar-refractivity contribution < 1.29 is 4.39 Å². The quantitative estimate of drug-likeness (QED) is 0.874. The first kappa shape index (κ1) is 13.5. The van der Waals surface area contributed by atoms with Gasteiger partial charge in [-0.2, -0.15) is 0 Å². The third kappa shape index (κ3) is 2.90. The van der Waals surface area contributed by atoms with Crippen LogP contribution in [0.15, 0.2) is 18.2 Å². The molecular formula is C15H23FN2. The molecule has 3 heteroatoms. The van der Waals surface area contributed by atoms with Crippen LogP contribution in [-0.4, -0.2) is 24.0 Å². The molecule has 2 rings (SSSR count). The smallest absolute Gasteiger partial charge is 0.127 e. The summed E-state index contributed by atoms with van der Waals surface area (Å²) in [5, 5.41) is 0. The van der Waals surface area contributed by atoms with E-state index in [2.05, 4.69) is 18.7 Å². The van der Waals surface area contributed by atoms with Gasteiger partial charge in [0.15, 0.2) is 0 Å². The zero-order chi connectivity index (χ0) is 13.3. The van der Waals surface area contributed by atoms with E-state index in [1.807, 2.05) is 19.1 Å². The molecule has 1 heterocycles. The van der Waals surface area contributed by atoms with Crippen molar-refractivity contribution in [3.63, 3.8) is 0 Å². The molecule has 2 nitrogen and oxygen atoms in total. The summed E-state index contributed by atoms with van der Waals surface area (Å²) < 4.78 is 13.7. The number of halogens is 1. The van der Waals surface area contributed by atoms with Gasteiger partial charge in [0.1, 0.15) is 5.82 Å². The fourth-order valence-corrected chi connectivity index (χ4v) is 2.69. The van der Waals surface area contributed by atoms with Gasteiger partial charge in [0, 0.05) is 31.2 Å². The first-order chi connectivity index (χ1) is 8.38. The molecule has 0 amide bonds. The van der Waals surface area contributed by atoms with Gasteiger partial charge < -0.3 is 5.73 Å². The second-order valence-corrected chi connectivity index (χ2v) is 6.19. The lowest BCUT2D eigenvalue weighted by Crippen LogP contribution is -2.52. The van der Waals surface area contributed by atoms with Gasteiger partial charge in [-0.3, -0.25) is 4.90 Å². The van der Waals surface area contributed by atoms with Crippen molar-refractivity contribution in [1.29, 1.82) is 0 Å². The minimum absolute atomic E-state index is 0.103. The number of hydrogen-bond donors (Lipinski definition) is 1. The van der Waals surface area contributed by atoms with Crippen molar-refractivity contribution in [3.8, 4) is 0 Å². The number of nitrogens with zero attached hydrogens (tertiary/aromatic N) is 1. The van der Waals surface area contributed by atoms with E-state index in [4.69, 9.17) is 5.73 Å². The number of nitrogens with two attached hydrogens (primary N) is 1. The van der Waals surface area contributed by atoms with E-state index in [1.54, 1.807) is 6.07 Å². The Morgan fingerprint density at radius 2 is 2.17 bits per heavy atom. The molecule has 0 aliphatic carbocycles. The van der Waals surface area contributed by atoms with E-state index < -0.39 is 0 Å². The van der Waals surface area contributed by atoms with Crippen LogP contribution in [0.25, 0.3) is 0 Å². The van der Waals surface area contributed by atoms with Crippen molar-refractivity contribution >= 4 is 0 Å². The average molecular weight is 250 g/mol. The molecule has 1 aliphatic heterocycles. The lowest BCUT2D eigenvalue weighted by molar-refractivity contribution is 0.0890. The van der Waals surface area contributed by atoms with Gasteiger partial charge in [-0.05, 0) is 24.8 Å². The Bertz CT molecular complexity index is 429. The fourth-order valence-electron chi connectivity index (χ4n) is 2.69. The molecule has 0 aromatic heterocycles. The maximum atomic E-state index is 13.7. The second kappa shape index (κ2) is 4.98. The van der Waals surface area contributed by atoms with E-state index in [0.717, 1.165) is 30.6 Å². The third-order valence-corrected chi connectivity index (χ3v) is 3.99. The van der Waals surface area contributed by atoms with Crippen LogP contribution in [0.2, 0.25) is 0 Å². The monoisotopic (exact) mass is 250 g/mol. The Morgan fingerprint density at radius 3 is 2.83 bits per heavy atom. The van der Waals surface area contributed by atoms with Crippen LogP contribution in [0.5, 0.6) is 0 Å². The van der Waals surface area contributed by atoms with E-state index >= 15 is 0 Å². The van der Waals surface area contributed by atoms with Gasteiger partial charge in [0.2, 0.25) is 0 Å². The Hall–Kier alpha value is -0.930. The van der Waals surface area contributed by atoms with Gasteiger partial charge in [0.25, 0.3) is 0 Å². The highest BCUT2D eigenvalue weighted by Gasteiger charge is 2.33. The van der Waals surface area contributed by atoms with Crippen LogP contribution < -0.4 is 5.73 Å². The SMILES string of the molecule is Cc1ccc(F)c(CN2CCC(N)C(C)(C)C2)c1. The maximum Gasteiger partial charge on any atom is 0.127 e. The molecule has 1 atom stereocenters. The van der Waals surface area contributed by atoms with Crippen LogP contribution in [0, 0.1) is 18.2 Å². The highest BCUT2D eigenvalue weighted by molar-refractivity contribution is 5.24. The summed E-state index contributed by atoms with van der Waals surface area (Å²) in [7, 11) is 0. The highest BCUT2D eigenvalue weighted by atomic mass is 19.1. The number of hydrogen-bond acceptors (Lipinski definition) is 2. The molecule has 0 radical (unpaired) electrons. The predicted molar refractivity (Wildman–Crippen MR) is 72.8 cm³/mol. The van der Waals surface area contributed by atoms with E-state index in [1.165, 1.54) is 0 Å². The lowest BCUT2D eigenvalue weighted by atomic mass is 9.79. The average Bonchev–Trinajstić information content (AvgIpc) is 2.28. The summed E-state index contributed by atoms with van der Waals surface area (Å²) >= 11 is 0. The zero-order valence-corrected chi connectivity index (χ0v) is 11.5. The van der Waals surface area contributed by atoms with Crippen molar-refractivity contribution in [1.82, 2.24) is 4.90 Å². The Balaban J connectivity index is 2.08. The standard InChI is InChI=1S/C15H23FN2/c1-11-4-5-13(16)12(8-11)9-18-7-6-14(17)15(2,3)10-18/h4-5,8,14H,6-7,9-10,17H2,1-3H3. The Labute approximate surface area is 109 Å². The second-order valence-electron chi connectivity index (χ2n) is 6.19. The molecule has 1 aromatic carbocycles. The molecule has 0 spiro atoms. The molecule has 1 aliphatic rings. The van der Waals surface area contributed by atoms with Gasteiger partial charge in [-0.25, -0.2) is 4.39 Å². The summed E-state index contributed by atoms with van der Waals surface area (Å²) in [5.74, 6) is -0.103. The van der Waals surface area contributed by atoms with Gasteiger partial charge in [-0.15, -0.1) is 0 Å². The van der Waals surface area contributed by atoms with Crippen molar-refractivity contribution in [3.05, 3.63) is 35.1 Å². The lowest BCUT2D eigenvalue weighted by Gasteiger charge is -2.42. The highest BCUT2D eigenvalue weighted by Crippen LogP contribution is 2.28. The number of piperidine rings is 1. The molecular weight excluding hydrogens is 227 g/mol. The molecule has 2 N–H and O–H groups in total. The van der Waals surface area contributed by atoms with Crippen molar-refractivity contribution in [2.24, 2.45) is 11.1 Å². The summed E-state index contributed by atoms with van der Waals surface area (Å²) in [6.07, 6.45) is 0.987. The summed E-state index contributed by atoms with van der Waals surface area (Å²) in [6.45, 7) is 8.95. The van der Waals surface area contributed by atoms with Crippen LogP contribution >= 0.6 is 0 Å². The first-order valence-electron chi connectivity index (χ1n) is 6.61. The maximum absolute atomic E-state index is 13.7. The van der Waals surface area contributed by atoms with Gasteiger partial charge >= 0.3 is 0 Å². The van der Waals surface area contributed by atoms with E-state index in [9.17, 15) is 4.39 Å². The largest absolute Gasteiger partial charge is 0.327 e. The third-order valence-electron chi connectivity index (χ3n) is 3.99. The van der Waals surface area contributed by atoms with Crippen molar-refractivity contribution in [2.45, 2.75) is 39.8 Å². The molecule has 100 valence electrons. The molecule has 1 fully saturated rings. The summed E-state index contributed by atoms with van der Waals surface area (Å²) in [6, 6.07) is 5.56. The normalized spacial score (nSPS) is 24.2. The molecule has 1 saturated heterocycles. The van der Waals surface area contributed by atoms with Crippen LogP contribution in [0.4, 0.5) is 4.39 Å². The number of likely N-dealkylation sites (tertiary alicyclic amines) is 1. The Morgan fingerprint density at radius 1 is 1.44 bits per heavy atom.